The van der Waals surface area contributed by atoms with Gasteiger partial charge < -0.3 is 5.32 Å². The smallest absolute Gasteiger partial charge is 0.321 e. The van der Waals surface area contributed by atoms with Gasteiger partial charge in [-0.15, -0.1) is 11.6 Å². The van der Waals surface area contributed by atoms with Crippen molar-refractivity contribution in [3.05, 3.63) is 0 Å². The van der Waals surface area contributed by atoms with E-state index in [0.29, 0.717) is 5.92 Å². The number of hydrogen-bond donors (Lipinski definition) is 2. The molecule has 2 N–H and O–H groups in total. The Balaban J connectivity index is 3.71. The van der Waals surface area contributed by atoms with Gasteiger partial charge in [0.1, 0.15) is 5.88 Å². The van der Waals surface area contributed by atoms with Crippen molar-refractivity contribution in [1.82, 2.24) is 10.6 Å². The summed E-state index contributed by atoms with van der Waals surface area (Å²) < 4.78 is 0. The molecule has 0 spiro atoms. The fourth-order valence-electron chi connectivity index (χ4n) is 1.08. The molecule has 0 aromatic carbocycles. The van der Waals surface area contributed by atoms with Crippen molar-refractivity contribution in [2.24, 2.45) is 5.92 Å². The first-order valence-corrected chi connectivity index (χ1v) is 5.65. The Morgan fingerprint density at radius 1 is 1.20 bits per heavy atom. The van der Waals surface area contributed by atoms with Gasteiger partial charge in [-0.2, -0.15) is 0 Å². The van der Waals surface area contributed by atoms with Gasteiger partial charge in [0.15, 0.2) is 0 Å². The molecular weight excluding hydrogens is 216 g/mol. The van der Waals surface area contributed by atoms with Crippen LogP contribution in [0.1, 0.15) is 33.6 Å². The molecule has 0 aliphatic carbocycles. The summed E-state index contributed by atoms with van der Waals surface area (Å²) in [5.74, 6) is -0.0691. The topological polar surface area (TPSA) is 58.2 Å². The van der Waals surface area contributed by atoms with Crippen LogP contribution < -0.4 is 10.6 Å². The zero-order valence-electron chi connectivity index (χ0n) is 9.47. The third-order valence-electron chi connectivity index (χ3n) is 1.93. The molecule has 0 rings (SSSR count). The highest BCUT2D eigenvalue weighted by molar-refractivity contribution is 6.28. The van der Waals surface area contributed by atoms with Gasteiger partial charge in [-0.05, 0) is 25.7 Å². The molecule has 0 bridgehead atoms. The Hall–Kier alpha value is -0.770. The molecule has 0 saturated heterocycles. The number of carbonyl (C=O) groups excluding carboxylic acids is 2. The highest BCUT2D eigenvalue weighted by atomic mass is 35.5. The van der Waals surface area contributed by atoms with Gasteiger partial charge in [0.05, 0.1) is 0 Å². The zero-order chi connectivity index (χ0) is 11.8. The zero-order valence-corrected chi connectivity index (χ0v) is 10.2. The van der Waals surface area contributed by atoms with E-state index in [1.54, 1.807) is 0 Å². The van der Waals surface area contributed by atoms with Gasteiger partial charge >= 0.3 is 6.03 Å². The quantitative estimate of drug-likeness (QED) is 0.714. The van der Waals surface area contributed by atoms with Crippen LogP contribution in [0.3, 0.4) is 0 Å². The molecule has 3 amide bonds. The molecule has 0 aliphatic heterocycles. The second-order valence-corrected chi connectivity index (χ2v) is 4.29. The number of halogens is 1. The maximum atomic E-state index is 11.2. The van der Waals surface area contributed by atoms with Crippen molar-refractivity contribution in [2.45, 2.75) is 39.7 Å². The molecule has 0 aromatic heterocycles. The van der Waals surface area contributed by atoms with E-state index in [9.17, 15) is 9.59 Å². The van der Waals surface area contributed by atoms with Crippen LogP contribution in [0.2, 0.25) is 0 Å². The molecule has 4 nitrogen and oxygen atoms in total. The van der Waals surface area contributed by atoms with Crippen molar-refractivity contribution < 1.29 is 9.59 Å². The predicted molar refractivity (Wildman–Crippen MR) is 60.9 cm³/mol. The monoisotopic (exact) mass is 234 g/mol. The van der Waals surface area contributed by atoms with Crippen LogP contribution in [-0.2, 0) is 4.79 Å². The second-order valence-electron chi connectivity index (χ2n) is 4.03. The second kappa shape index (κ2) is 7.51. The van der Waals surface area contributed by atoms with Crippen LogP contribution in [0, 0.1) is 5.92 Å². The molecule has 0 radical (unpaired) electrons. The summed E-state index contributed by atoms with van der Waals surface area (Å²) in [5.41, 5.74) is 0. The van der Waals surface area contributed by atoms with Gasteiger partial charge in [0.2, 0.25) is 5.91 Å². The predicted octanol–water partition coefficient (Wildman–Crippen LogP) is 1.88. The first-order valence-electron chi connectivity index (χ1n) is 5.12. The SMILES string of the molecule is CC(C)CCC(C)NC(=O)NC(=O)CCl. The van der Waals surface area contributed by atoms with Crippen LogP contribution in [0.4, 0.5) is 4.79 Å². The standard InChI is InChI=1S/C10H19ClN2O2/c1-7(2)4-5-8(3)12-10(15)13-9(14)6-11/h7-8H,4-6H2,1-3H3,(H2,12,13,14,15). The number of hydrogen-bond acceptors (Lipinski definition) is 2. The molecule has 0 heterocycles. The Bertz CT molecular complexity index is 219. The number of nitrogens with one attached hydrogen (secondary N) is 2. The lowest BCUT2D eigenvalue weighted by atomic mass is 10.0. The third-order valence-corrected chi connectivity index (χ3v) is 2.17. The lowest BCUT2D eigenvalue weighted by Gasteiger charge is -2.14. The van der Waals surface area contributed by atoms with Gasteiger partial charge in [-0.25, -0.2) is 4.79 Å². The Kier molecular flexibility index (Phi) is 7.13. The van der Waals surface area contributed by atoms with E-state index >= 15 is 0 Å². The molecule has 0 aliphatic rings. The van der Waals surface area contributed by atoms with Crippen LogP contribution in [0.25, 0.3) is 0 Å². The molecule has 0 aromatic rings. The summed E-state index contributed by atoms with van der Waals surface area (Å²) in [6.45, 7) is 6.17. The van der Waals surface area contributed by atoms with E-state index in [1.807, 2.05) is 6.92 Å². The highest BCUT2D eigenvalue weighted by Crippen LogP contribution is 2.05. The number of alkyl halides is 1. The fraction of sp³-hybridized carbons (Fsp3) is 0.800. The van der Waals surface area contributed by atoms with E-state index < -0.39 is 11.9 Å². The van der Waals surface area contributed by atoms with Crippen LogP contribution in [0.5, 0.6) is 0 Å². The number of amides is 3. The molecule has 1 unspecified atom stereocenters. The lowest BCUT2D eigenvalue weighted by Crippen LogP contribution is -2.44. The molecule has 15 heavy (non-hydrogen) atoms. The number of carbonyl (C=O) groups is 2. The minimum Gasteiger partial charge on any atom is -0.335 e. The summed E-state index contributed by atoms with van der Waals surface area (Å²) in [5, 5.41) is 4.80. The maximum Gasteiger partial charge on any atom is 0.321 e. The largest absolute Gasteiger partial charge is 0.335 e. The molecule has 1 atom stereocenters. The highest BCUT2D eigenvalue weighted by Gasteiger charge is 2.09. The third kappa shape index (κ3) is 8.24. The van der Waals surface area contributed by atoms with Gasteiger partial charge in [0.25, 0.3) is 0 Å². The van der Waals surface area contributed by atoms with E-state index in [-0.39, 0.29) is 11.9 Å². The van der Waals surface area contributed by atoms with Gasteiger partial charge in [0, 0.05) is 6.04 Å². The van der Waals surface area contributed by atoms with Crippen molar-refractivity contribution in [1.29, 1.82) is 0 Å². The number of imide groups is 1. The van der Waals surface area contributed by atoms with Crippen LogP contribution >= 0.6 is 11.6 Å². The minimum absolute atomic E-state index is 0.0653. The number of urea groups is 1. The van der Waals surface area contributed by atoms with Crippen molar-refractivity contribution in [3.63, 3.8) is 0 Å². The first kappa shape index (κ1) is 14.2. The normalized spacial score (nSPS) is 12.3. The molecule has 0 saturated carbocycles. The van der Waals surface area contributed by atoms with Crippen molar-refractivity contribution in [3.8, 4) is 0 Å². The summed E-state index contributed by atoms with van der Waals surface area (Å²) in [6, 6.07) is -0.410. The summed E-state index contributed by atoms with van der Waals surface area (Å²) in [7, 11) is 0. The lowest BCUT2D eigenvalue weighted by molar-refractivity contribution is -0.117. The molecule has 0 fully saturated rings. The Morgan fingerprint density at radius 2 is 1.80 bits per heavy atom. The fourth-order valence-corrected chi connectivity index (χ4v) is 1.14. The summed E-state index contributed by atoms with van der Waals surface area (Å²) >= 11 is 5.24. The van der Waals surface area contributed by atoms with Crippen molar-refractivity contribution in [2.75, 3.05) is 5.88 Å². The summed E-state index contributed by atoms with van der Waals surface area (Å²) in [4.78, 5) is 21.9. The van der Waals surface area contributed by atoms with E-state index in [0.717, 1.165) is 12.8 Å². The first-order chi connectivity index (χ1) is 6.95. The van der Waals surface area contributed by atoms with E-state index in [1.165, 1.54) is 0 Å². The van der Waals surface area contributed by atoms with Gasteiger partial charge in [-0.1, -0.05) is 13.8 Å². The maximum absolute atomic E-state index is 11.2. The molecule has 88 valence electrons. The summed E-state index contributed by atoms with van der Waals surface area (Å²) in [6.07, 6.45) is 1.95. The Morgan fingerprint density at radius 3 is 2.27 bits per heavy atom. The molecular formula is C10H19ClN2O2. The average Bonchev–Trinajstić information content (AvgIpc) is 2.14. The van der Waals surface area contributed by atoms with Crippen LogP contribution in [0.15, 0.2) is 0 Å². The van der Waals surface area contributed by atoms with Crippen LogP contribution in [-0.4, -0.2) is 23.9 Å². The Labute approximate surface area is 95.7 Å². The number of rotatable bonds is 5. The van der Waals surface area contributed by atoms with Gasteiger partial charge in [-0.3, -0.25) is 10.1 Å². The minimum atomic E-state index is -0.481. The van der Waals surface area contributed by atoms with E-state index in [4.69, 9.17) is 11.6 Å². The average molecular weight is 235 g/mol. The molecule has 5 heteroatoms. The van der Waals surface area contributed by atoms with E-state index in [2.05, 4.69) is 24.5 Å². The van der Waals surface area contributed by atoms with Crippen molar-refractivity contribution >= 4 is 23.5 Å².